The lowest BCUT2D eigenvalue weighted by molar-refractivity contribution is 0.255. The van der Waals surface area contributed by atoms with E-state index in [1.807, 2.05) is 21.0 Å². The summed E-state index contributed by atoms with van der Waals surface area (Å²) in [6.45, 7) is 3.71. The topological polar surface area (TPSA) is 35.8 Å². The van der Waals surface area contributed by atoms with Crippen LogP contribution in [0.5, 0.6) is 0 Å². The van der Waals surface area contributed by atoms with E-state index < -0.39 is 6.10 Å². The molecule has 0 fully saturated rings. The van der Waals surface area contributed by atoms with Crippen LogP contribution in [-0.2, 0) is 0 Å². The zero-order valence-electron chi connectivity index (χ0n) is 7.13. The summed E-state index contributed by atoms with van der Waals surface area (Å²) in [5.41, 5.74) is 0.824. The first-order chi connectivity index (χ1) is 4.57. The quantitative estimate of drug-likeness (QED) is 0.467. The van der Waals surface area contributed by atoms with Crippen LogP contribution in [0.1, 0.15) is 20.3 Å². The van der Waals surface area contributed by atoms with Crippen LogP contribution in [0.4, 0.5) is 0 Å². The second-order valence-electron chi connectivity index (χ2n) is 2.47. The third kappa shape index (κ3) is 3.45. The van der Waals surface area contributed by atoms with Crippen molar-refractivity contribution in [2.45, 2.75) is 26.4 Å². The maximum Gasteiger partial charge on any atom is 0.0910 e. The Morgan fingerprint density at radius 1 is 1.60 bits per heavy atom. The third-order valence-corrected chi connectivity index (χ3v) is 1.17. The molecule has 1 N–H and O–H groups in total. The van der Waals surface area contributed by atoms with Gasteiger partial charge in [-0.1, -0.05) is 6.92 Å². The predicted molar refractivity (Wildman–Crippen MR) is 43.1 cm³/mol. The van der Waals surface area contributed by atoms with E-state index in [0.717, 1.165) is 12.1 Å². The van der Waals surface area contributed by atoms with Crippen LogP contribution in [0.25, 0.3) is 0 Å². The Balaban J connectivity index is 4.04. The van der Waals surface area contributed by atoms with Crippen molar-refractivity contribution in [2.24, 2.45) is 5.10 Å². The van der Waals surface area contributed by atoms with E-state index in [1.54, 1.807) is 11.9 Å². The van der Waals surface area contributed by atoms with Gasteiger partial charge in [0.1, 0.15) is 0 Å². The Bertz CT molecular complexity index is 119. The van der Waals surface area contributed by atoms with Crippen molar-refractivity contribution in [3.63, 3.8) is 0 Å². The predicted octanol–water partition coefficient (Wildman–Crippen LogP) is 0.695. The van der Waals surface area contributed by atoms with Gasteiger partial charge in [-0.05, 0) is 13.3 Å². The van der Waals surface area contributed by atoms with E-state index in [9.17, 15) is 0 Å². The van der Waals surface area contributed by atoms with Crippen LogP contribution in [0.3, 0.4) is 0 Å². The van der Waals surface area contributed by atoms with E-state index >= 15 is 0 Å². The highest BCUT2D eigenvalue weighted by Gasteiger charge is 2.03. The molecule has 0 aliphatic rings. The molecule has 0 saturated heterocycles. The van der Waals surface area contributed by atoms with Crippen LogP contribution in [-0.4, -0.2) is 36.0 Å². The highest BCUT2D eigenvalue weighted by Crippen LogP contribution is 1.94. The van der Waals surface area contributed by atoms with Gasteiger partial charge in [0.25, 0.3) is 0 Å². The molecule has 1 atom stereocenters. The lowest BCUT2D eigenvalue weighted by Gasteiger charge is -2.10. The molecule has 60 valence electrons. The normalized spacial score (nSPS) is 15.1. The summed E-state index contributed by atoms with van der Waals surface area (Å²) < 4.78 is 0. The molecule has 10 heavy (non-hydrogen) atoms. The molecule has 0 spiro atoms. The fourth-order valence-electron chi connectivity index (χ4n) is 0.707. The van der Waals surface area contributed by atoms with Gasteiger partial charge in [0.05, 0.1) is 11.8 Å². The molecular weight excluding hydrogens is 128 g/mol. The van der Waals surface area contributed by atoms with Gasteiger partial charge < -0.3 is 10.1 Å². The summed E-state index contributed by atoms with van der Waals surface area (Å²) in [5, 5.41) is 14.9. The van der Waals surface area contributed by atoms with E-state index in [4.69, 9.17) is 5.11 Å². The van der Waals surface area contributed by atoms with Crippen LogP contribution >= 0.6 is 0 Å². The Hall–Kier alpha value is -0.570. The number of aliphatic hydroxyl groups excluding tert-OH is 1. The van der Waals surface area contributed by atoms with Gasteiger partial charge in [-0.2, -0.15) is 5.10 Å². The van der Waals surface area contributed by atoms with Crippen molar-refractivity contribution < 1.29 is 5.11 Å². The molecule has 3 nitrogen and oxygen atoms in total. The largest absolute Gasteiger partial charge is 0.387 e. The molecule has 0 saturated carbocycles. The summed E-state index contributed by atoms with van der Waals surface area (Å²) in [4.78, 5) is 0. The summed E-state index contributed by atoms with van der Waals surface area (Å²) in [7, 11) is 3.69. The molecule has 0 aromatic carbocycles. The van der Waals surface area contributed by atoms with Crippen molar-refractivity contribution in [3.05, 3.63) is 0 Å². The highest BCUT2D eigenvalue weighted by atomic mass is 16.3. The third-order valence-electron chi connectivity index (χ3n) is 1.17. The van der Waals surface area contributed by atoms with Crippen molar-refractivity contribution in [3.8, 4) is 0 Å². The molecule has 0 aliphatic heterocycles. The minimum absolute atomic E-state index is 0.424. The Morgan fingerprint density at radius 2 is 2.10 bits per heavy atom. The van der Waals surface area contributed by atoms with Gasteiger partial charge in [0.2, 0.25) is 0 Å². The first kappa shape index (κ1) is 9.43. The van der Waals surface area contributed by atoms with Crippen molar-refractivity contribution in [1.82, 2.24) is 5.01 Å². The fourth-order valence-corrected chi connectivity index (χ4v) is 0.707. The molecule has 0 bridgehead atoms. The standard InChI is InChI=1S/C7H16N2O/c1-5-7(6(2)10)8-9(3)4/h6,10H,5H2,1-4H3. The summed E-state index contributed by atoms with van der Waals surface area (Å²) in [5.74, 6) is 0. The summed E-state index contributed by atoms with van der Waals surface area (Å²) in [6, 6.07) is 0. The van der Waals surface area contributed by atoms with E-state index in [-0.39, 0.29) is 0 Å². The maximum atomic E-state index is 9.10. The number of hydrogen-bond donors (Lipinski definition) is 1. The summed E-state index contributed by atoms with van der Waals surface area (Å²) >= 11 is 0. The summed E-state index contributed by atoms with van der Waals surface area (Å²) in [6.07, 6.45) is 0.378. The molecule has 3 heteroatoms. The molecule has 0 radical (unpaired) electrons. The second kappa shape index (κ2) is 4.28. The van der Waals surface area contributed by atoms with Gasteiger partial charge in [0, 0.05) is 14.1 Å². The monoisotopic (exact) mass is 144 g/mol. The van der Waals surface area contributed by atoms with Gasteiger partial charge in [-0.3, -0.25) is 0 Å². The first-order valence-corrected chi connectivity index (χ1v) is 3.50. The fraction of sp³-hybridized carbons (Fsp3) is 0.857. The van der Waals surface area contributed by atoms with Crippen molar-refractivity contribution in [1.29, 1.82) is 0 Å². The van der Waals surface area contributed by atoms with E-state index in [2.05, 4.69) is 5.10 Å². The van der Waals surface area contributed by atoms with Gasteiger partial charge in [0.15, 0.2) is 0 Å². The lowest BCUT2D eigenvalue weighted by atomic mass is 10.2. The average molecular weight is 144 g/mol. The number of nitrogens with zero attached hydrogens (tertiary/aromatic N) is 2. The molecule has 0 aromatic rings. The second-order valence-corrected chi connectivity index (χ2v) is 2.47. The number of hydrogen-bond acceptors (Lipinski definition) is 3. The molecule has 0 heterocycles. The minimum Gasteiger partial charge on any atom is -0.387 e. The van der Waals surface area contributed by atoms with Crippen LogP contribution in [0.15, 0.2) is 5.10 Å². The molecular formula is C7H16N2O. The minimum atomic E-state index is -0.424. The molecule has 0 amide bonds. The van der Waals surface area contributed by atoms with Crippen LogP contribution in [0, 0.1) is 0 Å². The Labute approximate surface area is 62.3 Å². The van der Waals surface area contributed by atoms with Gasteiger partial charge in [-0.25, -0.2) is 0 Å². The smallest absolute Gasteiger partial charge is 0.0910 e. The van der Waals surface area contributed by atoms with Crippen LogP contribution in [0.2, 0.25) is 0 Å². The SMILES string of the molecule is CCC(=NN(C)C)C(C)O. The zero-order chi connectivity index (χ0) is 8.15. The van der Waals surface area contributed by atoms with Gasteiger partial charge in [-0.15, -0.1) is 0 Å². The average Bonchev–Trinajstić information content (AvgIpc) is 1.81. The maximum absolute atomic E-state index is 9.10. The molecule has 0 aromatic heterocycles. The van der Waals surface area contributed by atoms with Crippen LogP contribution < -0.4 is 0 Å². The Morgan fingerprint density at radius 3 is 2.20 bits per heavy atom. The van der Waals surface area contributed by atoms with E-state index in [0.29, 0.717) is 0 Å². The number of rotatable bonds is 3. The molecule has 1 unspecified atom stereocenters. The first-order valence-electron chi connectivity index (χ1n) is 3.50. The highest BCUT2D eigenvalue weighted by molar-refractivity contribution is 5.87. The zero-order valence-corrected chi connectivity index (χ0v) is 7.13. The molecule has 0 aliphatic carbocycles. The molecule has 0 rings (SSSR count). The van der Waals surface area contributed by atoms with Crippen molar-refractivity contribution >= 4 is 5.71 Å². The van der Waals surface area contributed by atoms with Gasteiger partial charge >= 0.3 is 0 Å². The number of aliphatic hydroxyl groups is 1. The van der Waals surface area contributed by atoms with Crippen molar-refractivity contribution in [2.75, 3.05) is 14.1 Å². The lowest BCUT2D eigenvalue weighted by Crippen LogP contribution is -2.19. The van der Waals surface area contributed by atoms with E-state index in [1.165, 1.54) is 0 Å². The Kier molecular flexibility index (Phi) is 4.03. The number of hydrazone groups is 1.